The molecule has 1 unspecified atom stereocenters. The standard InChI is InChI=1S/C21H36N4O/c1-6-10-25-13-18(17(2)22-25)19(26)24-12-9-21(16-24)8-7-11-23(15-21)14-20(3,4)5/h13H,6-12,14-16H2,1-5H3. The summed E-state index contributed by atoms with van der Waals surface area (Å²) in [6, 6.07) is 0. The predicted molar refractivity (Wildman–Crippen MR) is 105 cm³/mol. The molecule has 0 radical (unpaired) electrons. The lowest BCUT2D eigenvalue weighted by Gasteiger charge is -2.42. The number of nitrogens with zero attached hydrogens (tertiary/aromatic N) is 4. The van der Waals surface area contributed by atoms with Crippen molar-refractivity contribution in [3.8, 4) is 0 Å². The quantitative estimate of drug-likeness (QED) is 0.824. The van der Waals surface area contributed by atoms with Crippen molar-refractivity contribution in [2.45, 2.75) is 66.8 Å². The highest BCUT2D eigenvalue weighted by Crippen LogP contribution is 2.40. The number of hydrogen-bond donors (Lipinski definition) is 0. The van der Waals surface area contributed by atoms with E-state index in [2.05, 4.69) is 42.6 Å². The van der Waals surface area contributed by atoms with Gasteiger partial charge in [-0.2, -0.15) is 5.10 Å². The maximum Gasteiger partial charge on any atom is 0.257 e. The van der Waals surface area contributed by atoms with E-state index in [9.17, 15) is 4.79 Å². The zero-order chi connectivity index (χ0) is 18.9. The fourth-order valence-electron chi connectivity index (χ4n) is 4.80. The number of rotatable bonds is 4. The molecule has 0 aliphatic carbocycles. The van der Waals surface area contributed by atoms with Crippen LogP contribution in [0.25, 0.3) is 0 Å². The van der Waals surface area contributed by atoms with Crippen molar-refractivity contribution >= 4 is 5.91 Å². The van der Waals surface area contributed by atoms with Crippen LogP contribution in [0.5, 0.6) is 0 Å². The summed E-state index contributed by atoms with van der Waals surface area (Å²) in [6.45, 7) is 17.2. The molecule has 0 N–H and O–H groups in total. The van der Waals surface area contributed by atoms with Crippen LogP contribution in [-0.2, 0) is 6.54 Å². The number of aromatic nitrogens is 2. The monoisotopic (exact) mass is 360 g/mol. The molecule has 5 nitrogen and oxygen atoms in total. The second-order valence-corrected chi connectivity index (χ2v) is 9.74. The smallest absolute Gasteiger partial charge is 0.257 e. The van der Waals surface area contributed by atoms with Gasteiger partial charge in [0.2, 0.25) is 0 Å². The first-order valence-corrected chi connectivity index (χ1v) is 10.3. The number of likely N-dealkylation sites (tertiary alicyclic amines) is 2. The molecule has 2 saturated heterocycles. The molecule has 1 atom stereocenters. The normalized spacial score (nSPS) is 24.6. The zero-order valence-corrected chi connectivity index (χ0v) is 17.3. The average Bonchev–Trinajstić information content (AvgIpc) is 3.10. The first kappa shape index (κ1) is 19.4. The molecule has 5 heteroatoms. The molecule has 2 fully saturated rings. The Kier molecular flexibility index (Phi) is 5.48. The van der Waals surface area contributed by atoms with Crippen molar-refractivity contribution in [1.29, 1.82) is 0 Å². The molecular weight excluding hydrogens is 324 g/mol. The van der Waals surface area contributed by atoms with Crippen LogP contribution in [0.2, 0.25) is 0 Å². The van der Waals surface area contributed by atoms with Crippen LogP contribution in [0, 0.1) is 17.8 Å². The lowest BCUT2D eigenvalue weighted by atomic mass is 9.78. The Labute approximate surface area is 158 Å². The minimum Gasteiger partial charge on any atom is -0.338 e. The number of carbonyl (C=O) groups excluding carboxylic acids is 1. The minimum absolute atomic E-state index is 0.176. The number of amides is 1. The highest BCUT2D eigenvalue weighted by Gasteiger charge is 2.43. The van der Waals surface area contributed by atoms with Gasteiger partial charge in [-0.1, -0.05) is 27.7 Å². The van der Waals surface area contributed by atoms with Crippen molar-refractivity contribution in [3.63, 3.8) is 0 Å². The van der Waals surface area contributed by atoms with Crippen LogP contribution in [-0.4, -0.2) is 58.2 Å². The molecule has 1 spiro atoms. The molecule has 1 aromatic heterocycles. The van der Waals surface area contributed by atoms with E-state index in [1.54, 1.807) is 0 Å². The van der Waals surface area contributed by atoms with Crippen LogP contribution >= 0.6 is 0 Å². The van der Waals surface area contributed by atoms with Gasteiger partial charge < -0.3 is 9.80 Å². The number of aryl methyl sites for hydroxylation is 2. The maximum absolute atomic E-state index is 13.1. The molecule has 1 aromatic rings. The lowest BCUT2D eigenvalue weighted by molar-refractivity contribution is 0.0594. The van der Waals surface area contributed by atoms with Crippen LogP contribution in [0.1, 0.15) is 69.4 Å². The summed E-state index contributed by atoms with van der Waals surface area (Å²) in [6.07, 6.45) is 6.63. The molecule has 3 heterocycles. The van der Waals surface area contributed by atoms with Crippen molar-refractivity contribution in [1.82, 2.24) is 19.6 Å². The second kappa shape index (κ2) is 7.34. The molecule has 2 aliphatic heterocycles. The molecule has 2 aliphatic rings. The van der Waals surface area contributed by atoms with Crippen molar-refractivity contribution < 1.29 is 4.79 Å². The minimum atomic E-state index is 0.176. The third-order valence-corrected chi connectivity index (χ3v) is 5.79. The van der Waals surface area contributed by atoms with E-state index in [0.29, 0.717) is 10.8 Å². The topological polar surface area (TPSA) is 41.4 Å². The Bertz CT molecular complexity index is 645. The van der Waals surface area contributed by atoms with Gasteiger partial charge >= 0.3 is 0 Å². The summed E-state index contributed by atoms with van der Waals surface area (Å²) < 4.78 is 1.92. The predicted octanol–water partition coefficient (Wildman–Crippen LogP) is 3.58. The molecule has 1 amide bonds. The summed E-state index contributed by atoms with van der Waals surface area (Å²) in [4.78, 5) is 17.8. The van der Waals surface area contributed by atoms with Gasteiger partial charge in [-0.05, 0) is 44.6 Å². The van der Waals surface area contributed by atoms with E-state index in [1.807, 2.05) is 17.8 Å². The Morgan fingerprint density at radius 3 is 2.69 bits per heavy atom. The van der Waals surface area contributed by atoms with Gasteiger partial charge in [0.05, 0.1) is 11.3 Å². The third-order valence-electron chi connectivity index (χ3n) is 5.79. The van der Waals surface area contributed by atoms with E-state index in [4.69, 9.17) is 0 Å². The molecular formula is C21H36N4O. The van der Waals surface area contributed by atoms with Crippen LogP contribution < -0.4 is 0 Å². The van der Waals surface area contributed by atoms with Gasteiger partial charge in [0, 0.05) is 44.3 Å². The average molecular weight is 361 g/mol. The van der Waals surface area contributed by atoms with E-state index < -0.39 is 0 Å². The summed E-state index contributed by atoms with van der Waals surface area (Å²) in [5.41, 5.74) is 2.28. The Morgan fingerprint density at radius 2 is 2.00 bits per heavy atom. The van der Waals surface area contributed by atoms with Gasteiger partial charge in [-0.15, -0.1) is 0 Å². The van der Waals surface area contributed by atoms with Gasteiger partial charge in [0.25, 0.3) is 5.91 Å². The first-order chi connectivity index (χ1) is 12.2. The third kappa shape index (κ3) is 4.30. The highest BCUT2D eigenvalue weighted by atomic mass is 16.2. The van der Waals surface area contributed by atoms with Gasteiger partial charge in [0.15, 0.2) is 0 Å². The van der Waals surface area contributed by atoms with Crippen LogP contribution in [0.3, 0.4) is 0 Å². The van der Waals surface area contributed by atoms with Gasteiger partial charge in [-0.25, -0.2) is 0 Å². The van der Waals surface area contributed by atoms with Crippen LogP contribution in [0.15, 0.2) is 6.20 Å². The Hall–Kier alpha value is -1.36. The number of piperidine rings is 1. The molecule has 3 rings (SSSR count). The van der Waals surface area contributed by atoms with E-state index in [0.717, 1.165) is 56.8 Å². The largest absolute Gasteiger partial charge is 0.338 e. The fraction of sp³-hybridized carbons (Fsp3) is 0.810. The maximum atomic E-state index is 13.1. The fourth-order valence-corrected chi connectivity index (χ4v) is 4.80. The Balaban J connectivity index is 1.66. The summed E-state index contributed by atoms with van der Waals surface area (Å²) in [5, 5.41) is 4.51. The first-order valence-electron chi connectivity index (χ1n) is 10.3. The van der Waals surface area contributed by atoms with Crippen LogP contribution in [0.4, 0.5) is 0 Å². The second-order valence-electron chi connectivity index (χ2n) is 9.74. The highest BCUT2D eigenvalue weighted by molar-refractivity contribution is 5.95. The molecule has 0 bridgehead atoms. The molecule has 26 heavy (non-hydrogen) atoms. The number of carbonyl (C=O) groups is 1. The van der Waals surface area contributed by atoms with Crippen molar-refractivity contribution in [2.75, 3.05) is 32.7 Å². The van der Waals surface area contributed by atoms with E-state index in [-0.39, 0.29) is 5.91 Å². The van der Waals surface area contributed by atoms with E-state index >= 15 is 0 Å². The molecule has 0 saturated carbocycles. The SMILES string of the molecule is CCCn1cc(C(=O)N2CCC3(CCCN(CC(C)(C)C)C3)C2)c(C)n1. The Morgan fingerprint density at radius 1 is 1.23 bits per heavy atom. The van der Waals surface area contributed by atoms with E-state index in [1.165, 1.54) is 19.4 Å². The van der Waals surface area contributed by atoms with Crippen molar-refractivity contribution in [3.05, 3.63) is 17.5 Å². The number of hydrogen-bond acceptors (Lipinski definition) is 3. The van der Waals surface area contributed by atoms with Crippen molar-refractivity contribution in [2.24, 2.45) is 10.8 Å². The summed E-state index contributed by atoms with van der Waals surface area (Å²) in [5.74, 6) is 0.176. The molecule has 0 aromatic carbocycles. The summed E-state index contributed by atoms with van der Waals surface area (Å²) >= 11 is 0. The molecule has 146 valence electrons. The van der Waals surface area contributed by atoms with Gasteiger partial charge in [0.1, 0.15) is 0 Å². The summed E-state index contributed by atoms with van der Waals surface area (Å²) in [7, 11) is 0. The van der Waals surface area contributed by atoms with Gasteiger partial charge in [-0.3, -0.25) is 9.48 Å². The zero-order valence-electron chi connectivity index (χ0n) is 17.3. The lowest BCUT2D eigenvalue weighted by Crippen LogP contribution is -2.47.